The van der Waals surface area contributed by atoms with E-state index in [0.717, 1.165) is 56.3 Å². The Bertz CT molecular complexity index is 511. The van der Waals surface area contributed by atoms with Gasteiger partial charge in [0.05, 0.1) is 6.04 Å². The number of likely N-dealkylation sites (tertiary alicyclic amines) is 2. The van der Waals surface area contributed by atoms with Gasteiger partial charge >= 0.3 is 6.03 Å². The van der Waals surface area contributed by atoms with Gasteiger partial charge in [0.2, 0.25) is 0 Å². The van der Waals surface area contributed by atoms with E-state index in [1.807, 2.05) is 27.7 Å². The maximum Gasteiger partial charge on any atom is 0.320 e. The van der Waals surface area contributed by atoms with Crippen LogP contribution >= 0.6 is 11.8 Å². The Kier molecular flexibility index (Phi) is 4.37. The lowest BCUT2D eigenvalue weighted by Crippen LogP contribution is -2.45. The molecule has 3 rings (SSSR count). The summed E-state index contributed by atoms with van der Waals surface area (Å²) in [6.07, 6.45) is 7.54. The SMILES string of the molecule is CSc1nnc(C2CCCN2C(=O)N2CCCCC2)n1C. The lowest BCUT2D eigenvalue weighted by molar-refractivity contribution is 0.137. The lowest BCUT2D eigenvalue weighted by atomic mass is 10.1. The number of carbonyl (C=O) groups excluding carboxylic acids is 1. The zero-order chi connectivity index (χ0) is 14.8. The van der Waals surface area contributed by atoms with Crippen molar-refractivity contribution in [2.24, 2.45) is 7.05 Å². The third kappa shape index (κ3) is 2.75. The normalized spacial score (nSPS) is 22.9. The number of hydrogen-bond acceptors (Lipinski definition) is 4. The average Bonchev–Trinajstić information content (AvgIpc) is 3.13. The van der Waals surface area contributed by atoms with Crippen LogP contribution in [-0.4, -0.2) is 56.5 Å². The van der Waals surface area contributed by atoms with Gasteiger partial charge in [0.25, 0.3) is 0 Å². The van der Waals surface area contributed by atoms with Gasteiger partial charge in [-0.3, -0.25) is 0 Å². The number of nitrogens with zero attached hydrogens (tertiary/aromatic N) is 5. The largest absolute Gasteiger partial charge is 0.325 e. The highest BCUT2D eigenvalue weighted by atomic mass is 32.2. The van der Waals surface area contributed by atoms with E-state index in [-0.39, 0.29) is 12.1 Å². The molecule has 0 spiro atoms. The molecule has 2 aliphatic heterocycles. The first-order valence-corrected chi connectivity index (χ1v) is 8.93. The van der Waals surface area contributed by atoms with E-state index < -0.39 is 0 Å². The van der Waals surface area contributed by atoms with Crippen molar-refractivity contribution in [2.75, 3.05) is 25.9 Å². The van der Waals surface area contributed by atoms with Crippen molar-refractivity contribution in [3.05, 3.63) is 5.82 Å². The maximum absolute atomic E-state index is 12.8. The molecule has 2 saturated heterocycles. The average molecular weight is 309 g/mol. The first-order chi connectivity index (χ1) is 10.2. The molecule has 6 nitrogen and oxygen atoms in total. The predicted octanol–water partition coefficient (Wildman–Crippen LogP) is 2.28. The monoisotopic (exact) mass is 309 g/mol. The standard InChI is InChI=1S/C14H23N5OS/c1-17-12(15-16-13(17)21-2)11-7-6-10-19(11)14(20)18-8-4-3-5-9-18/h11H,3-10H2,1-2H3. The molecule has 0 bridgehead atoms. The highest BCUT2D eigenvalue weighted by Crippen LogP contribution is 2.33. The van der Waals surface area contributed by atoms with Crippen molar-refractivity contribution in [3.8, 4) is 0 Å². The summed E-state index contributed by atoms with van der Waals surface area (Å²) in [6, 6.07) is 0.267. The van der Waals surface area contributed by atoms with Crippen LogP contribution in [0.25, 0.3) is 0 Å². The van der Waals surface area contributed by atoms with Gasteiger partial charge in [-0.25, -0.2) is 4.79 Å². The fraction of sp³-hybridized carbons (Fsp3) is 0.786. The molecule has 0 aromatic carbocycles. The quantitative estimate of drug-likeness (QED) is 0.787. The van der Waals surface area contributed by atoms with E-state index in [1.54, 1.807) is 11.8 Å². The Morgan fingerprint density at radius 3 is 2.57 bits per heavy atom. The minimum absolute atomic E-state index is 0.0813. The Morgan fingerprint density at radius 1 is 1.14 bits per heavy atom. The molecule has 0 saturated carbocycles. The van der Waals surface area contributed by atoms with Crippen LogP contribution < -0.4 is 0 Å². The summed E-state index contributed by atoms with van der Waals surface area (Å²) in [5, 5.41) is 9.44. The number of urea groups is 1. The third-order valence-electron chi connectivity index (χ3n) is 4.47. The molecule has 1 aromatic rings. The van der Waals surface area contributed by atoms with Crippen LogP contribution in [-0.2, 0) is 7.05 Å². The number of piperidine rings is 1. The van der Waals surface area contributed by atoms with Gasteiger partial charge in [-0.2, -0.15) is 0 Å². The van der Waals surface area contributed by atoms with Crippen molar-refractivity contribution >= 4 is 17.8 Å². The van der Waals surface area contributed by atoms with Gasteiger partial charge in [-0.1, -0.05) is 11.8 Å². The van der Waals surface area contributed by atoms with Crippen LogP contribution in [0.2, 0.25) is 0 Å². The molecule has 1 aromatic heterocycles. The fourth-order valence-corrected chi connectivity index (χ4v) is 3.81. The summed E-state index contributed by atoms with van der Waals surface area (Å²) in [7, 11) is 1.99. The van der Waals surface area contributed by atoms with Crippen LogP contribution in [0, 0.1) is 0 Å². The fourth-order valence-electron chi connectivity index (χ4n) is 3.33. The molecule has 1 atom stereocenters. The molecule has 2 aliphatic rings. The number of thioether (sulfide) groups is 1. The topological polar surface area (TPSA) is 54.3 Å². The molecule has 21 heavy (non-hydrogen) atoms. The van der Waals surface area contributed by atoms with Gasteiger partial charge in [-0.05, 0) is 38.4 Å². The van der Waals surface area contributed by atoms with Crippen LogP contribution in [0.4, 0.5) is 4.79 Å². The van der Waals surface area contributed by atoms with E-state index in [9.17, 15) is 4.79 Å². The summed E-state index contributed by atoms with van der Waals surface area (Å²) in [5.74, 6) is 0.919. The first-order valence-electron chi connectivity index (χ1n) is 7.71. The summed E-state index contributed by atoms with van der Waals surface area (Å²) in [6.45, 7) is 2.63. The number of carbonyl (C=O) groups is 1. The lowest BCUT2D eigenvalue weighted by Gasteiger charge is -2.33. The van der Waals surface area contributed by atoms with Crippen LogP contribution in [0.3, 0.4) is 0 Å². The summed E-state index contributed by atoms with van der Waals surface area (Å²) in [5.41, 5.74) is 0. The third-order valence-corrected chi connectivity index (χ3v) is 5.19. The molecule has 1 unspecified atom stereocenters. The molecular weight excluding hydrogens is 286 g/mol. The number of amides is 2. The summed E-state index contributed by atoms with van der Waals surface area (Å²) >= 11 is 1.59. The second-order valence-electron chi connectivity index (χ2n) is 5.79. The Hall–Kier alpha value is -1.24. The van der Waals surface area contributed by atoms with Crippen molar-refractivity contribution in [1.82, 2.24) is 24.6 Å². The van der Waals surface area contributed by atoms with Gasteiger partial charge in [0, 0.05) is 26.7 Å². The Morgan fingerprint density at radius 2 is 1.90 bits per heavy atom. The first kappa shape index (κ1) is 14.7. The molecule has 2 fully saturated rings. The zero-order valence-electron chi connectivity index (χ0n) is 12.8. The molecule has 116 valence electrons. The van der Waals surface area contributed by atoms with Crippen LogP contribution in [0.1, 0.15) is 44.0 Å². The smallest absolute Gasteiger partial charge is 0.320 e. The number of aromatic nitrogens is 3. The van der Waals surface area contributed by atoms with E-state index in [0.29, 0.717) is 0 Å². The molecule has 2 amide bonds. The Balaban J connectivity index is 1.78. The van der Waals surface area contributed by atoms with E-state index in [4.69, 9.17) is 0 Å². The maximum atomic E-state index is 12.8. The molecule has 0 radical (unpaired) electrons. The van der Waals surface area contributed by atoms with Crippen molar-refractivity contribution in [2.45, 2.75) is 43.3 Å². The highest BCUT2D eigenvalue weighted by molar-refractivity contribution is 7.98. The molecule has 3 heterocycles. The van der Waals surface area contributed by atoms with E-state index in [2.05, 4.69) is 10.2 Å². The van der Waals surface area contributed by atoms with E-state index >= 15 is 0 Å². The summed E-state index contributed by atoms with van der Waals surface area (Å²) < 4.78 is 2.02. The zero-order valence-corrected chi connectivity index (χ0v) is 13.6. The van der Waals surface area contributed by atoms with Gasteiger partial charge in [0.1, 0.15) is 0 Å². The minimum atomic E-state index is 0.0813. The van der Waals surface area contributed by atoms with Gasteiger partial charge in [0.15, 0.2) is 11.0 Å². The highest BCUT2D eigenvalue weighted by Gasteiger charge is 2.36. The minimum Gasteiger partial charge on any atom is -0.325 e. The van der Waals surface area contributed by atoms with Crippen LogP contribution in [0.5, 0.6) is 0 Å². The number of hydrogen-bond donors (Lipinski definition) is 0. The van der Waals surface area contributed by atoms with E-state index in [1.165, 1.54) is 6.42 Å². The molecule has 7 heteroatoms. The number of rotatable bonds is 2. The summed E-state index contributed by atoms with van der Waals surface area (Å²) in [4.78, 5) is 16.8. The van der Waals surface area contributed by atoms with Gasteiger partial charge < -0.3 is 14.4 Å². The second-order valence-corrected chi connectivity index (χ2v) is 6.56. The molecule has 0 N–H and O–H groups in total. The van der Waals surface area contributed by atoms with Crippen molar-refractivity contribution < 1.29 is 4.79 Å². The predicted molar refractivity (Wildman–Crippen MR) is 82.3 cm³/mol. The molecular formula is C14H23N5OS. The van der Waals surface area contributed by atoms with Crippen molar-refractivity contribution in [1.29, 1.82) is 0 Å². The molecule has 0 aliphatic carbocycles. The Labute approximate surface area is 129 Å². The van der Waals surface area contributed by atoms with Crippen LogP contribution in [0.15, 0.2) is 5.16 Å². The second kappa shape index (κ2) is 6.25. The van der Waals surface area contributed by atoms with Gasteiger partial charge in [-0.15, -0.1) is 10.2 Å². The van der Waals surface area contributed by atoms with Crippen molar-refractivity contribution in [3.63, 3.8) is 0 Å².